The maximum atomic E-state index is 9.12. The van der Waals surface area contributed by atoms with Gasteiger partial charge in [0, 0.05) is 25.6 Å². The maximum Gasteiger partial charge on any atom is 0.0731 e. The van der Waals surface area contributed by atoms with Crippen LogP contribution in [0.2, 0.25) is 0 Å². The lowest BCUT2D eigenvalue weighted by Crippen LogP contribution is -2.38. The van der Waals surface area contributed by atoms with Crippen molar-refractivity contribution in [1.29, 1.82) is 0 Å². The predicted molar refractivity (Wildman–Crippen MR) is 33.1 cm³/mol. The van der Waals surface area contributed by atoms with Crippen LogP contribution < -0.4 is 5.32 Å². The fourth-order valence-electron chi connectivity index (χ4n) is 1.04. The van der Waals surface area contributed by atoms with Gasteiger partial charge >= 0.3 is 0 Å². The summed E-state index contributed by atoms with van der Waals surface area (Å²) in [5.74, 6) is 0.0718. The molecule has 1 aliphatic heterocycles. The number of piperidine rings is 1. The summed E-state index contributed by atoms with van der Waals surface area (Å²) >= 11 is 0. The minimum Gasteiger partial charge on any atom is -0.396 e. The van der Waals surface area contributed by atoms with Crippen molar-refractivity contribution in [3.05, 3.63) is 0 Å². The third-order valence-corrected chi connectivity index (χ3v) is 1.75. The molecule has 0 aromatic heterocycles. The van der Waals surface area contributed by atoms with Crippen molar-refractivity contribution in [2.45, 2.75) is 12.5 Å². The Labute approximate surface area is 54.7 Å². The van der Waals surface area contributed by atoms with Crippen molar-refractivity contribution in [2.75, 3.05) is 19.7 Å². The molecule has 9 heavy (non-hydrogen) atoms. The van der Waals surface area contributed by atoms with E-state index >= 15 is 0 Å². The largest absolute Gasteiger partial charge is 0.396 e. The van der Waals surface area contributed by atoms with E-state index in [0.717, 1.165) is 13.0 Å². The van der Waals surface area contributed by atoms with Crippen LogP contribution in [0, 0.1) is 5.92 Å². The van der Waals surface area contributed by atoms with Crippen LogP contribution in [0.3, 0.4) is 0 Å². The summed E-state index contributed by atoms with van der Waals surface area (Å²) in [6, 6.07) is 0. The van der Waals surface area contributed by atoms with Gasteiger partial charge in [-0.15, -0.1) is 0 Å². The molecule has 0 aliphatic carbocycles. The highest BCUT2D eigenvalue weighted by atomic mass is 16.3. The lowest BCUT2D eigenvalue weighted by molar-refractivity contribution is 0.0448. The smallest absolute Gasteiger partial charge is 0.0731 e. The van der Waals surface area contributed by atoms with Gasteiger partial charge in [0.05, 0.1) is 6.10 Å². The Hall–Kier alpha value is -0.120. The molecule has 1 heterocycles. The summed E-state index contributed by atoms with van der Waals surface area (Å²) in [4.78, 5) is 0. The molecule has 0 aromatic carbocycles. The van der Waals surface area contributed by atoms with E-state index in [1.54, 1.807) is 0 Å². The van der Waals surface area contributed by atoms with Crippen molar-refractivity contribution in [3.8, 4) is 0 Å². The number of nitrogens with zero attached hydrogens (tertiary/aromatic N) is 1. The van der Waals surface area contributed by atoms with Crippen LogP contribution in [0.15, 0.2) is 0 Å². The Kier molecular flexibility index (Phi) is 2.45. The van der Waals surface area contributed by atoms with Crippen molar-refractivity contribution in [2.24, 2.45) is 5.92 Å². The van der Waals surface area contributed by atoms with Gasteiger partial charge in [-0.1, -0.05) is 0 Å². The molecule has 2 N–H and O–H groups in total. The number of hydrogen-bond donors (Lipinski definition) is 2. The molecular weight excluding hydrogens is 118 g/mol. The standard InChI is InChI=1S/C6H12NO2/c8-4-5-1-2-7-3-6(5)9/h5-6,8-9H,1-4H2/t5-,6-/m0/s1. The Morgan fingerprint density at radius 1 is 1.56 bits per heavy atom. The van der Waals surface area contributed by atoms with E-state index in [9.17, 15) is 0 Å². The van der Waals surface area contributed by atoms with E-state index in [-0.39, 0.29) is 12.5 Å². The summed E-state index contributed by atoms with van der Waals surface area (Å²) in [7, 11) is 0. The third kappa shape index (κ3) is 1.64. The van der Waals surface area contributed by atoms with Gasteiger partial charge in [0.1, 0.15) is 0 Å². The minimum absolute atomic E-state index is 0.0718. The Bertz CT molecular complexity index is 87.1. The average Bonchev–Trinajstić information content (AvgIpc) is 1.89. The predicted octanol–water partition coefficient (Wildman–Crippen LogP) is -1.04. The molecule has 0 saturated carbocycles. The lowest BCUT2D eigenvalue weighted by atomic mass is 9.96. The van der Waals surface area contributed by atoms with E-state index in [1.807, 2.05) is 0 Å². The lowest BCUT2D eigenvalue weighted by Gasteiger charge is -2.25. The molecule has 0 unspecified atom stereocenters. The zero-order valence-electron chi connectivity index (χ0n) is 5.32. The Morgan fingerprint density at radius 2 is 2.33 bits per heavy atom. The van der Waals surface area contributed by atoms with Crippen LogP contribution in [0.4, 0.5) is 0 Å². The number of aliphatic hydroxyl groups excluding tert-OH is 2. The number of rotatable bonds is 1. The van der Waals surface area contributed by atoms with E-state index in [2.05, 4.69) is 5.32 Å². The first-order chi connectivity index (χ1) is 4.34. The second-order valence-corrected chi connectivity index (χ2v) is 2.43. The van der Waals surface area contributed by atoms with Gasteiger partial charge in [0.15, 0.2) is 0 Å². The van der Waals surface area contributed by atoms with Gasteiger partial charge in [-0.3, -0.25) is 0 Å². The third-order valence-electron chi connectivity index (χ3n) is 1.75. The zero-order valence-corrected chi connectivity index (χ0v) is 5.32. The Balaban J connectivity index is 2.30. The minimum atomic E-state index is -0.399. The molecule has 0 aromatic rings. The van der Waals surface area contributed by atoms with Crippen LogP contribution in [-0.4, -0.2) is 36.0 Å². The zero-order chi connectivity index (χ0) is 6.69. The average molecular weight is 130 g/mol. The molecule has 3 nitrogen and oxygen atoms in total. The molecule has 1 saturated heterocycles. The van der Waals surface area contributed by atoms with Gasteiger partial charge in [0.2, 0.25) is 0 Å². The molecule has 1 rings (SSSR count). The Morgan fingerprint density at radius 3 is 2.78 bits per heavy atom. The molecule has 1 radical (unpaired) electrons. The van der Waals surface area contributed by atoms with E-state index in [0.29, 0.717) is 6.54 Å². The second kappa shape index (κ2) is 3.15. The molecule has 1 fully saturated rings. The summed E-state index contributed by atoms with van der Waals surface area (Å²) < 4.78 is 0. The molecule has 2 atom stereocenters. The van der Waals surface area contributed by atoms with Crippen molar-refractivity contribution >= 4 is 0 Å². The SMILES string of the molecule is OC[C@@H]1CC[N]C[C@@H]1O. The van der Waals surface area contributed by atoms with E-state index < -0.39 is 6.10 Å². The first-order valence-electron chi connectivity index (χ1n) is 3.26. The highest BCUT2D eigenvalue weighted by molar-refractivity contribution is 4.75. The molecule has 53 valence electrons. The van der Waals surface area contributed by atoms with Crippen LogP contribution in [0.25, 0.3) is 0 Å². The summed E-state index contributed by atoms with van der Waals surface area (Å²) in [5, 5.41) is 21.8. The quantitative estimate of drug-likeness (QED) is 0.476. The van der Waals surface area contributed by atoms with Crippen molar-refractivity contribution in [1.82, 2.24) is 5.32 Å². The van der Waals surface area contributed by atoms with Crippen LogP contribution >= 0.6 is 0 Å². The van der Waals surface area contributed by atoms with Crippen LogP contribution in [0.5, 0.6) is 0 Å². The van der Waals surface area contributed by atoms with Gasteiger partial charge in [-0.25, -0.2) is 5.32 Å². The van der Waals surface area contributed by atoms with Crippen LogP contribution in [-0.2, 0) is 0 Å². The number of hydrogen-bond acceptors (Lipinski definition) is 2. The van der Waals surface area contributed by atoms with Gasteiger partial charge in [-0.05, 0) is 6.42 Å². The van der Waals surface area contributed by atoms with E-state index in [1.165, 1.54) is 0 Å². The summed E-state index contributed by atoms with van der Waals surface area (Å²) in [6.45, 7) is 1.39. The van der Waals surface area contributed by atoms with E-state index in [4.69, 9.17) is 10.2 Å². The van der Waals surface area contributed by atoms with Gasteiger partial charge in [0.25, 0.3) is 0 Å². The topological polar surface area (TPSA) is 54.6 Å². The molecule has 1 aliphatic rings. The fraction of sp³-hybridized carbons (Fsp3) is 1.00. The second-order valence-electron chi connectivity index (χ2n) is 2.43. The maximum absolute atomic E-state index is 9.12. The van der Waals surface area contributed by atoms with Gasteiger partial charge < -0.3 is 10.2 Å². The normalized spacial score (nSPS) is 36.7. The molecule has 0 spiro atoms. The monoisotopic (exact) mass is 130 g/mol. The molecule has 0 amide bonds. The fourth-order valence-corrected chi connectivity index (χ4v) is 1.04. The summed E-state index contributed by atoms with van der Waals surface area (Å²) in [6.07, 6.45) is 0.432. The van der Waals surface area contributed by atoms with Crippen LogP contribution in [0.1, 0.15) is 6.42 Å². The van der Waals surface area contributed by atoms with Gasteiger partial charge in [-0.2, -0.15) is 0 Å². The highest BCUT2D eigenvalue weighted by Gasteiger charge is 2.21. The van der Waals surface area contributed by atoms with Crippen molar-refractivity contribution in [3.63, 3.8) is 0 Å². The molecule has 3 heteroatoms. The summed E-state index contributed by atoms with van der Waals surface area (Å²) in [5.41, 5.74) is 0. The highest BCUT2D eigenvalue weighted by Crippen LogP contribution is 2.11. The first-order valence-corrected chi connectivity index (χ1v) is 3.26. The van der Waals surface area contributed by atoms with Crippen molar-refractivity contribution < 1.29 is 10.2 Å². The molecular formula is C6H12NO2. The first kappa shape index (κ1) is 6.99. The molecule has 0 bridgehead atoms. The number of aliphatic hydroxyl groups is 2.